The fourth-order valence-corrected chi connectivity index (χ4v) is 3.80. The molecule has 2 aromatic carbocycles. The van der Waals surface area contributed by atoms with E-state index in [1.165, 1.54) is 13.1 Å². The van der Waals surface area contributed by atoms with Gasteiger partial charge in [0.15, 0.2) is 0 Å². The van der Waals surface area contributed by atoms with E-state index in [1.54, 1.807) is 24.3 Å². The molecule has 2 rings (SSSR count). The number of hydrogen-bond donors (Lipinski definition) is 3. The van der Waals surface area contributed by atoms with Gasteiger partial charge in [-0.15, -0.1) is 0 Å². The summed E-state index contributed by atoms with van der Waals surface area (Å²) in [6.45, 7) is 7.66. The summed E-state index contributed by atoms with van der Waals surface area (Å²) in [6.07, 6.45) is 4.49. The van der Waals surface area contributed by atoms with Crippen LogP contribution in [0.15, 0.2) is 49.0 Å². The minimum absolute atomic E-state index is 0.282. The Morgan fingerprint density at radius 2 is 1.97 bits per heavy atom. The number of aldehydes is 1. The highest BCUT2D eigenvalue weighted by Crippen LogP contribution is 2.23. The molecule has 7 nitrogen and oxygen atoms in total. The van der Waals surface area contributed by atoms with Crippen molar-refractivity contribution in [3.63, 3.8) is 0 Å². The van der Waals surface area contributed by atoms with Crippen LogP contribution < -0.4 is 14.9 Å². The van der Waals surface area contributed by atoms with Crippen molar-refractivity contribution in [2.75, 3.05) is 30.7 Å². The van der Waals surface area contributed by atoms with Crippen molar-refractivity contribution in [2.24, 2.45) is 0 Å². The molecule has 0 unspecified atom stereocenters. The average Bonchev–Trinajstić information content (AvgIpc) is 2.76. The van der Waals surface area contributed by atoms with E-state index >= 15 is 0 Å². The number of phenols is 1. The molecule has 2 aromatic rings. The molecular formula is C24H33N3O4S. The zero-order valence-corrected chi connectivity index (χ0v) is 19.8. The average molecular weight is 460 g/mol. The van der Waals surface area contributed by atoms with Crippen LogP contribution >= 0.6 is 0 Å². The van der Waals surface area contributed by atoms with E-state index in [0.29, 0.717) is 41.4 Å². The van der Waals surface area contributed by atoms with Gasteiger partial charge in [-0.1, -0.05) is 25.6 Å². The molecular weight excluding hydrogens is 426 g/mol. The number of aromatic hydroxyl groups is 1. The van der Waals surface area contributed by atoms with Crippen LogP contribution in [0.4, 0.5) is 5.69 Å². The summed E-state index contributed by atoms with van der Waals surface area (Å²) in [4.78, 5) is 11.3. The molecule has 32 heavy (non-hydrogen) atoms. The number of sulfonamides is 1. The Morgan fingerprint density at radius 3 is 2.59 bits per heavy atom. The van der Waals surface area contributed by atoms with E-state index in [0.717, 1.165) is 41.9 Å². The Kier molecular flexibility index (Phi) is 9.28. The second-order valence-electron chi connectivity index (χ2n) is 7.85. The van der Waals surface area contributed by atoms with Crippen molar-refractivity contribution in [2.45, 2.75) is 32.2 Å². The molecule has 0 heterocycles. The van der Waals surface area contributed by atoms with Gasteiger partial charge in [-0.05, 0) is 67.3 Å². The summed E-state index contributed by atoms with van der Waals surface area (Å²) < 4.78 is 24.8. The molecule has 174 valence electrons. The van der Waals surface area contributed by atoms with E-state index in [1.807, 2.05) is 12.1 Å². The lowest BCUT2D eigenvalue weighted by Gasteiger charge is -2.19. The number of nitrogens with zero attached hydrogens (tertiary/aromatic N) is 1. The first-order chi connectivity index (χ1) is 15.1. The lowest BCUT2D eigenvalue weighted by Crippen LogP contribution is -2.32. The molecule has 0 spiro atoms. The number of anilines is 1. The number of carbonyl (C=O) groups excluding carboxylic acids is 1. The van der Waals surface area contributed by atoms with Crippen molar-refractivity contribution in [3.8, 4) is 5.75 Å². The van der Waals surface area contributed by atoms with E-state index in [9.17, 15) is 18.3 Å². The van der Waals surface area contributed by atoms with Crippen LogP contribution in [-0.4, -0.2) is 52.2 Å². The normalized spacial score (nSPS) is 12.2. The van der Waals surface area contributed by atoms with Gasteiger partial charge in [0.2, 0.25) is 10.0 Å². The standard InChI is InChI=1S/C24H33N3O4S/c1-5-22(13-19-8-6-9-24(29)15-19)26-11-7-10-25-18(2)21-12-20(17-28)14-23(16-21)27(3)32(4,30)31/h6,8-9,12,14-17,22,25-26,29H,2,5,7,10-11,13H2,1,3-4H3/t22-/m0/s1. The molecule has 0 saturated heterocycles. The molecule has 1 atom stereocenters. The van der Waals surface area contributed by atoms with E-state index in [2.05, 4.69) is 24.1 Å². The Balaban J connectivity index is 1.87. The first-order valence-electron chi connectivity index (χ1n) is 10.6. The monoisotopic (exact) mass is 459 g/mol. The van der Waals surface area contributed by atoms with Crippen LogP contribution in [0.5, 0.6) is 5.75 Å². The van der Waals surface area contributed by atoms with Crippen LogP contribution in [0.2, 0.25) is 0 Å². The molecule has 0 bridgehead atoms. The Bertz CT molecular complexity index is 1040. The molecule has 0 fully saturated rings. The minimum Gasteiger partial charge on any atom is -0.508 e. The maximum absolute atomic E-state index is 11.8. The van der Waals surface area contributed by atoms with Gasteiger partial charge < -0.3 is 15.7 Å². The smallest absolute Gasteiger partial charge is 0.231 e. The molecule has 3 N–H and O–H groups in total. The van der Waals surface area contributed by atoms with Crippen molar-refractivity contribution in [1.82, 2.24) is 10.6 Å². The molecule has 0 saturated carbocycles. The zero-order chi connectivity index (χ0) is 23.7. The first kappa shape index (κ1) is 25.4. The highest BCUT2D eigenvalue weighted by Gasteiger charge is 2.14. The van der Waals surface area contributed by atoms with Crippen LogP contribution in [0.25, 0.3) is 5.70 Å². The quantitative estimate of drug-likeness (QED) is 0.314. The summed E-state index contributed by atoms with van der Waals surface area (Å²) in [5.41, 5.74) is 3.19. The number of hydrogen-bond acceptors (Lipinski definition) is 6. The van der Waals surface area contributed by atoms with Gasteiger partial charge in [0, 0.05) is 30.9 Å². The molecule has 0 amide bonds. The second kappa shape index (κ2) is 11.7. The first-order valence-corrected chi connectivity index (χ1v) is 12.5. The van der Waals surface area contributed by atoms with Crippen LogP contribution in [0.3, 0.4) is 0 Å². The van der Waals surface area contributed by atoms with E-state index in [4.69, 9.17) is 0 Å². The number of benzene rings is 2. The van der Waals surface area contributed by atoms with Crippen molar-refractivity contribution < 1.29 is 18.3 Å². The van der Waals surface area contributed by atoms with Gasteiger partial charge in [0.1, 0.15) is 12.0 Å². The van der Waals surface area contributed by atoms with Gasteiger partial charge in [0.25, 0.3) is 0 Å². The Hall–Kier alpha value is -2.84. The summed E-state index contributed by atoms with van der Waals surface area (Å²) >= 11 is 0. The number of carbonyl (C=O) groups is 1. The maximum Gasteiger partial charge on any atom is 0.231 e. The Morgan fingerprint density at radius 1 is 1.22 bits per heavy atom. The van der Waals surface area contributed by atoms with E-state index < -0.39 is 10.0 Å². The fraction of sp³-hybridized carbons (Fsp3) is 0.375. The Labute approximate surface area is 191 Å². The summed E-state index contributed by atoms with van der Waals surface area (Å²) in [5.74, 6) is 0.282. The lowest BCUT2D eigenvalue weighted by molar-refractivity contribution is 0.112. The van der Waals surface area contributed by atoms with Crippen molar-refractivity contribution in [1.29, 1.82) is 0 Å². The third kappa shape index (κ3) is 7.69. The molecule has 0 aromatic heterocycles. The molecule has 0 aliphatic carbocycles. The second-order valence-corrected chi connectivity index (χ2v) is 9.87. The highest BCUT2D eigenvalue weighted by atomic mass is 32.2. The molecule has 0 aliphatic heterocycles. The predicted octanol–water partition coefficient (Wildman–Crippen LogP) is 3.16. The number of phenolic OH excluding ortho intramolecular Hbond substituents is 1. The van der Waals surface area contributed by atoms with Crippen LogP contribution in [0.1, 0.15) is 41.3 Å². The molecule has 8 heteroatoms. The lowest BCUT2D eigenvalue weighted by atomic mass is 10.0. The predicted molar refractivity (Wildman–Crippen MR) is 131 cm³/mol. The molecule has 0 aliphatic rings. The minimum atomic E-state index is -3.44. The summed E-state index contributed by atoms with van der Waals surface area (Å²) in [6, 6.07) is 12.6. The zero-order valence-electron chi connectivity index (χ0n) is 19.0. The van der Waals surface area contributed by atoms with Crippen LogP contribution in [-0.2, 0) is 16.4 Å². The van der Waals surface area contributed by atoms with E-state index in [-0.39, 0.29) is 5.75 Å². The van der Waals surface area contributed by atoms with Gasteiger partial charge in [0.05, 0.1) is 11.9 Å². The van der Waals surface area contributed by atoms with Gasteiger partial charge in [-0.3, -0.25) is 9.10 Å². The van der Waals surface area contributed by atoms with Crippen molar-refractivity contribution >= 4 is 27.7 Å². The summed E-state index contributed by atoms with van der Waals surface area (Å²) in [5, 5.41) is 16.4. The largest absolute Gasteiger partial charge is 0.508 e. The van der Waals surface area contributed by atoms with Crippen molar-refractivity contribution in [3.05, 3.63) is 65.7 Å². The third-order valence-electron chi connectivity index (χ3n) is 5.30. The van der Waals surface area contributed by atoms with Gasteiger partial charge in [-0.2, -0.15) is 0 Å². The molecule has 0 radical (unpaired) electrons. The van der Waals surface area contributed by atoms with Gasteiger partial charge >= 0.3 is 0 Å². The highest BCUT2D eigenvalue weighted by molar-refractivity contribution is 7.92. The van der Waals surface area contributed by atoms with Gasteiger partial charge in [-0.25, -0.2) is 8.42 Å². The fourth-order valence-electron chi connectivity index (χ4n) is 3.31. The number of nitrogens with one attached hydrogen (secondary N) is 2. The number of rotatable bonds is 13. The SMILES string of the molecule is C=C(NCCCN[C@@H](CC)Cc1cccc(O)c1)c1cc(C=O)cc(N(C)S(C)(=O)=O)c1. The summed E-state index contributed by atoms with van der Waals surface area (Å²) in [7, 11) is -1.99. The topological polar surface area (TPSA) is 98.7 Å². The maximum atomic E-state index is 11.8. The van der Waals surface area contributed by atoms with Crippen LogP contribution in [0, 0.1) is 0 Å². The third-order valence-corrected chi connectivity index (χ3v) is 6.50.